The minimum atomic E-state index is -3.93. The van der Waals surface area contributed by atoms with Crippen LogP contribution >= 0.6 is 0 Å². The molecule has 7 heteroatoms. The lowest BCUT2D eigenvalue weighted by atomic mass is 10.1. The van der Waals surface area contributed by atoms with Crippen molar-refractivity contribution in [3.8, 4) is 0 Å². The first-order valence-corrected chi connectivity index (χ1v) is 11.0. The molecule has 0 unspecified atom stereocenters. The van der Waals surface area contributed by atoms with Crippen LogP contribution in [0.15, 0.2) is 89.8 Å². The Morgan fingerprint density at radius 2 is 1.43 bits per heavy atom. The first-order valence-electron chi connectivity index (χ1n) is 9.54. The molecule has 0 bridgehead atoms. The summed E-state index contributed by atoms with van der Waals surface area (Å²) in [5, 5.41) is 0. The summed E-state index contributed by atoms with van der Waals surface area (Å²) in [5.41, 5.74) is 1.81. The van der Waals surface area contributed by atoms with E-state index in [1.165, 1.54) is 12.1 Å². The van der Waals surface area contributed by atoms with Crippen LogP contribution in [0.25, 0.3) is 0 Å². The Bertz CT molecular complexity index is 1180. The average Bonchev–Trinajstić information content (AvgIpc) is 2.97. The quantitative estimate of drug-likeness (QED) is 0.612. The predicted octanol–water partition coefficient (Wildman–Crippen LogP) is 3.45. The Hall–Kier alpha value is -3.45. The van der Waals surface area contributed by atoms with E-state index in [9.17, 15) is 18.0 Å². The third kappa shape index (κ3) is 3.71. The van der Waals surface area contributed by atoms with Crippen molar-refractivity contribution in [3.63, 3.8) is 0 Å². The first kappa shape index (κ1) is 19.8. The van der Waals surface area contributed by atoms with E-state index in [1.54, 1.807) is 17.0 Å². The van der Waals surface area contributed by atoms with Crippen molar-refractivity contribution in [2.75, 3.05) is 11.4 Å². The smallest absolute Gasteiger partial charge is 0.269 e. The number of anilines is 1. The van der Waals surface area contributed by atoms with E-state index in [4.69, 9.17) is 0 Å². The maximum Gasteiger partial charge on any atom is 0.269 e. The molecule has 0 fully saturated rings. The Kier molecular flexibility index (Phi) is 5.37. The van der Waals surface area contributed by atoms with Gasteiger partial charge in [0.15, 0.2) is 0 Å². The van der Waals surface area contributed by atoms with Gasteiger partial charge in [0.05, 0.1) is 12.1 Å². The number of nitrogens with zero attached hydrogens (tertiary/aromatic N) is 2. The van der Waals surface area contributed by atoms with Crippen LogP contribution in [0.4, 0.5) is 5.69 Å². The monoisotopic (exact) mass is 420 g/mol. The minimum absolute atomic E-state index is 0.00773. The topological polar surface area (TPSA) is 74.8 Å². The van der Waals surface area contributed by atoms with Crippen LogP contribution in [-0.2, 0) is 21.4 Å². The molecule has 3 aromatic rings. The van der Waals surface area contributed by atoms with E-state index in [1.807, 2.05) is 60.7 Å². The Labute approximate surface area is 175 Å². The Morgan fingerprint density at radius 1 is 0.833 bits per heavy atom. The zero-order valence-corrected chi connectivity index (χ0v) is 17.0. The fourth-order valence-corrected chi connectivity index (χ4v) is 5.05. The van der Waals surface area contributed by atoms with Crippen molar-refractivity contribution in [3.05, 3.63) is 96.1 Å². The van der Waals surface area contributed by atoms with Crippen molar-refractivity contribution in [1.29, 1.82) is 0 Å². The van der Waals surface area contributed by atoms with Gasteiger partial charge in [-0.15, -0.1) is 0 Å². The van der Waals surface area contributed by atoms with Crippen LogP contribution in [0.5, 0.6) is 0 Å². The molecule has 3 aromatic carbocycles. The minimum Gasteiger partial charge on any atom is -0.308 e. The summed E-state index contributed by atoms with van der Waals surface area (Å²) in [7, 11) is -3.93. The number of sulfonamides is 1. The lowest BCUT2D eigenvalue weighted by molar-refractivity contribution is -0.118. The van der Waals surface area contributed by atoms with Gasteiger partial charge in [-0.3, -0.25) is 9.59 Å². The third-order valence-electron chi connectivity index (χ3n) is 4.99. The van der Waals surface area contributed by atoms with Gasteiger partial charge in [0, 0.05) is 18.7 Å². The average molecular weight is 420 g/mol. The molecule has 152 valence electrons. The molecule has 0 saturated carbocycles. The maximum atomic E-state index is 13.1. The maximum absolute atomic E-state index is 13.1. The van der Waals surface area contributed by atoms with E-state index < -0.39 is 15.9 Å². The fourth-order valence-electron chi connectivity index (χ4n) is 3.48. The molecule has 30 heavy (non-hydrogen) atoms. The molecule has 0 aromatic heterocycles. The van der Waals surface area contributed by atoms with E-state index in [-0.39, 0.29) is 29.3 Å². The lowest BCUT2D eigenvalue weighted by Crippen LogP contribution is -2.36. The van der Waals surface area contributed by atoms with E-state index in [2.05, 4.69) is 0 Å². The highest BCUT2D eigenvalue weighted by Crippen LogP contribution is 2.30. The van der Waals surface area contributed by atoms with E-state index in [0.29, 0.717) is 12.2 Å². The molecular weight excluding hydrogens is 400 g/mol. The zero-order chi connectivity index (χ0) is 21.1. The number of hydrogen-bond donors (Lipinski definition) is 0. The molecule has 0 saturated heterocycles. The van der Waals surface area contributed by atoms with E-state index in [0.717, 1.165) is 9.87 Å². The number of rotatable bonds is 6. The van der Waals surface area contributed by atoms with Gasteiger partial charge in [-0.05, 0) is 29.8 Å². The van der Waals surface area contributed by atoms with Crippen molar-refractivity contribution in [1.82, 2.24) is 4.31 Å². The SMILES string of the molecule is O=C(CCN1C(=O)c2ccccc2S1(=O)=O)N(Cc1ccccc1)c1ccccc1. The normalized spacial score (nSPS) is 14.4. The van der Waals surface area contributed by atoms with Crippen molar-refractivity contribution in [2.45, 2.75) is 17.9 Å². The highest BCUT2D eigenvalue weighted by Gasteiger charge is 2.40. The van der Waals surface area contributed by atoms with Gasteiger partial charge in [0.2, 0.25) is 5.91 Å². The molecular formula is C23H20N2O4S. The Balaban J connectivity index is 1.54. The van der Waals surface area contributed by atoms with Crippen LogP contribution in [-0.4, -0.2) is 31.1 Å². The second kappa shape index (κ2) is 8.12. The fraction of sp³-hybridized carbons (Fsp3) is 0.130. The summed E-state index contributed by atoms with van der Waals surface area (Å²) in [6.45, 7) is 0.150. The van der Waals surface area contributed by atoms with Crippen molar-refractivity contribution >= 4 is 27.5 Å². The molecule has 0 spiro atoms. The van der Waals surface area contributed by atoms with Crippen LogP contribution in [0.1, 0.15) is 22.3 Å². The molecule has 6 nitrogen and oxygen atoms in total. The third-order valence-corrected chi connectivity index (χ3v) is 6.83. The Morgan fingerprint density at radius 3 is 2.10 bits per heavy atom. The first-order chi connectivity index (χ1) is 14.5. The molecule has 4 rings (SSSR count). The molecule has 0 atom stereocenters. The number of hydrogen-bond acceptors (Lipinski definition) is 4. The number of carbonyl (C=O) groups excluding carboxylic acids is 2. The molecule has 0 radical (unpaired) electrons. The lowest BCUT2D eigenvalue weighted by Gasteiger charge is -2.24. The molecule has 1 aliphatic rings. The molecule has 0 aliphatic carbocycles. The van der Waals surface area contributed by atoms with Gasteiger partial charge in [0.25, 0.3) is 15.9 Å². The number of para-hydroxylation sites is 1. The summed E-state index contributed by atoms with van der Waals surface area (Å²) in [6, 6.07) is 24.8. The van der Waals surface area contributed by atoms with Crippen molar-refractivity contribution in [2.24, 2.45) is 0 Å². The predicted molar refractivity (Wildman–Crippen MR) is 113 cm³/mol. The largest absolute Gasteiger partial charge is 0.308 e. The molecule has 1 aliphatic heterocycles. The summed E-state index contributed by atoms with van der Waals surface area (Å²) in [4.78, 5) is 27.3. The van der Waals surface area contributed by atoms with Crippen LogP contribution < -0.4 is 4.90 Å². The van der Waals surface area contributed by atoms with Gasteiger partial charge in [-0.1, -0.05) is 60.7 Å². The molecule has 1 heterocycles. The van der Waals surface area contributed by atoms with Crippen LogP contribution in [0, 0.1) is 0 Å². The molecule has 2 amide bonds. The summed E-state index contributed by atoms with van der Waals surface area (Å²) >= 11 is 0. The van der Waals surface area contributed by atoms with Gasteiger partial charge in [-0.2, -0.15) is 0 Å². The van der Waals surface area contributed by atoms with Crippen molar-refractivity contribution < 1.29 is 18.0 Å². The standard InChI is InChI=1S/C23H20N2O4S/c26-22(15-16-25-23(27)20-13-7-8-14-21(20)30(25,28)29)24(19-11-5-2-6-12-19)17-18-9-3-1-4-10-18/h1-14H,15-17H2. The number of amides is 2. The highest BCUT2D eigenvalue weighted by atomic mass is 32.2. The number of carbonyl (C=O) groups is 2. The van der Waals surface area contributed by atoms with Gasteiger partial charge >= 0.3 is 0 Å². The number of benzene rings is 3. The summed E-state index contributed by atoms with van der Waals surface area (Å²) in [5.74, 6) is -0.850. The van der Waals surface area contributed by atoms with Gasteiger partial charge in [-0.25, -0.2) is 12.7 Å². The molecule has 0 N–H and O–H groups in total. The van der Waals surface area contributed by atoms with E-state index >= 15 is 0 Å². The summed E-state index contributed by atoms with van der Waals surface area (Å²) in [6.07, 6.45) is -0.110. The van der Waals surface area contributed by atoms with Crippen LogP contribution in [0.2, 0.25) is 0 Å². The number of fused-ring (bicyclic) bond motifs is 1. The van der Waals surface area contributed by atoms with Gasteiger partial charge in [0.1, 0.15) is 4.90 Å². The zero-order valence-electron chi connectivity index (χ0n) is 16.1. The van der Waals surface area contributed by atoms with Crippen LogP contribution in [0.3, 0.4) is 0 Å². The van der Waals surface area contributed by atoms with Gasteiger partial charge < -0.3 is 4.90 Å². The second-order valence-electron chi connectivity index (χ2n) is 6.93. The highest BCUT2D eigenvalue weighted by molar-refractivity contribution is 7.90. The summed E-state index contributed by atoms with van der Waals surface area (Å²) < 4.78 is 26.2. The second-order valence-corrected chi connectivity index (χ2v) is 8.76.